The van der Waals surface area contributed by atoms with Gasteiger partial charge in [-0.3, -0.25) is 0 Å². The van der Waals surface area contributed by atoms with Crippen LogP contribution in [0.4, 0.5) is 0 Å². The Kier molecular flexibility index (Phi) is 3.80. The third-order valence-corrected chi connectivity index (χ3v) is 3.55. The average molecular weight is 214 g/mol. The molecule has 2 unspecified atom stereocenters. The number of hydrogen-bond acceptors (Lipinski definition) is 2. The van der Waals surface area contributed by atoms with E-state index in [1.807, 2.05) is 13.8 Å². The molecule has 89 valence electrons. The van der Waals surface area contributed by atoms with Gasteiger partial charge in [0.25, 0.3) is 0 Å². The van der Waals surface area contributed by atoms with Gasteiger partial charge >= 0.3 is 0 Å². The highest BCUT2D eigenvalue weighted by atomic mass is 16.5. The van der Waals surface area contributed by atoms with Crippen LogP contribution in [0.15, 0.2) is 0 Å². The topological polar surface area (TPSA) is 32.4 Å². The minimum Gasteiger partial charge on any atom is -0.384 e. The Morgan fingerprint density at radius 2 is 1.93 bits per heavy atom. The van der Waals surface area contributed by atoms with Crippen molar-refractivity contribution in [3.05, 3.63) is 0 Å². The van der Waals surface area contributed by atoms with Crippen molar-refractivity contribution in [2.75, 3.05) is 13.7 Å². The number of nitrogens with zero attached hydrogens (tertiary/aromatic N) is 1. The first-order valence-corrected chi connectivity index (χ1v) is 5.78. The van der Waals surface area contributed by atoms with Crippen molar-refractivity contribution in [1.82, 2.24) is 5.06 Å². The predicted octanol–water partition coefficient (Wildman–Crippen LogP) is 2.64. The quantitative estimate of drug-likeness (QED) is 0.720. The summed E-state index contributed by atoms with van der Waals surface area (Å²) in [5.74, 6) is 0.449. The van der Waals surface area contributed by atoms with Gasteiger partial charge in [-0.25, -0.2) is 0 Å². The first-order chi connectivity index (χ1) is 6.82. The van der Waals surface area contributed by atoms with E-state index in [-0.39, 0.29) is 11.1 Å². The highest BCUT2D eigenvalue weighted by Crippen LogP contribution is 2.42. The molecule has 3 nitrogen and oxygen atoms in total. The third-order valence-electron chi connectivity index (χ3n) is 3.55. The molecule has 1 fully saturated rings. The zero-order valence-corrected chi connectivity index (χ0v) is 10.7. The van der Waals surface area contributed by atoms with E-state index in [2.05, 4.69) is 13.8 Å². The summed E-state index contributed by atoms with van der Waals surface area (Å²) >= 11 is 0. The molecule has 0 aromatic heterocycles. The molecule has 1 rings (SSSR count). The van der Waals surface area contributed by atoms with Crippen LogP contribution in [0.5, 0.6) is 0 Å². The maximum absolute atomic E-state index is 12.2. The van der Waals surface area contributed by atoms with E-state index in [1.165, 1.54) is 5.06 Å². The van der Waals surface area contributed by atoms with Gasteiger partial charge in [-0.2, -0.15) is 0 Å². The Morgan fingerprint density at radius 1 is 1.33 bits per heavy atom. The lowest BCUT2D eigenvalue weighted by atomic mass is 9.89. The molecule has 15 heavy (non-hydrogen) atoms. The minimum atomic E-state index is -0.193. The lowest BCUT2D eigenvalue weighted by molar-refractivity contribution is -0.252. The lowest BCUT2D eigenvalue weighted by Crippen LogP contribution is -2.47. The largest absolute Gasteiger partial charge is 0.384 e. The number of methoxy groups -OCH3 is 1. The number of ether oxygens (including phenoxy) is 1. The molecule has 0 amide bonds. The molecule has 0 N–H and O–H groups in total. The van der Waals surface area contributed by atoms with Crippen molar-refractivity contribution in [2.24, 2.45) is 5.92 Å². The van der Waals surface area contributed by atoms with Crippen molar-refractivity contribution in [2.45, 2.75) is 58.0 Å². The molecule has 1 radical (unpaired) electrons. The first kappa shape index (κ1) is 12.9. The van der Waals surface area contributed by atoms with E-state index >= 15 is 0 Å². The molecule has 0 bridgehead atoms. The SMILES string of the molecule is COCC(C)CC1(C)CCC(C)(C)N1[O]. The van der Waals surface area contributed by atoms with Crippen molar-refractivity contribution in [3.63, 3.8) is 0 Å². The van der Waals surface area contributed by atoms with Crippen molar-refractivity contribution in [3.8, 4) is 0 Å². The zero-order valence-electron chi connectivity index (χ0n) is 10.7. The van der Waals surface area contributed by atoms with Crippen molar-refractivity contribution in [1.29, 1.82) is 0 Å². The van der Waals surface area contributed by atoms with Gasteiger partial charge < -0.3 is 4.74 Å². The maximum atomic E-state index is 12.2. The summed E-state index contributed by atoms with van der Waals surface area (Å²) in [5, 5.41) is 13.5. The molecular formula is C12H24NO2. The van der Waals surface area contributed by atoms with Gasteiger partial charge in [0.2, 0.25) is 0 Å². The summed E-state index contributed by atoms with van der Waals surface area (Å²) in [6.45, 7) is 9.04. The summed E-state index contributed by atoms with van der Waals surface area (Å²) in [5.41, 5.74) is -0.386. The highest BCUT2D eigenvalue weighted by Gasteiger charge is 2.48. The monoisotopic (exact) mass is 214 g/mol. The van der Waals surface area contributed by atoms with Gasteiger partial charge in [0, 0.05) is 24.8 Å². The molecule has 0 aromatic rings. The van der Waals surface area contributed by atoms with E-state index in [1.54, 1.807) is 7.11 Å². The first-order valence-electron chi connectivity index (χ1n) is 5.78. The number of rotatable bonds is 4. The molecule has 0 aliphatic carbocycles. The summed E-state index contributed by atoms with van der Waals surface area (Å²) in [6.07, 6.45) is 2.91. The Labute approximate surface area is 93.4 Å². The van der Waals surface area contributed by atoms with Crippen LogP contribution in [-0.4, -0.2) is 29.9 Å². The molecule has 1 aliphatic heterocycles. The van der Waals surface area contributed by atoms with Crippen LogP contribution >= 0.6 is 0 Å². The molecule has 0 spiro atoms. The highest BCUT2D eigenvalue weighted by molar-refractivity contribution is 4.98. The fraction of sp³-hybridized carbons (Fsp3) is 1.00. The van der Waals surface area contributed by atoms with Crippen LogP contribution in [0, 0.1) is 5.92 Å². The lowest BCUT2D eigenvalue weighted by Gasteiger charge is -2.36. The van der Waals surface area contributed by atoms with Gasteiger partial charge in [-0.05, 0) is 46.0 Å². The predicted molar refractivity (Wildman–Crippen MR) is 59.9 cm³/mol. The van der Waals surface area contributed by atoms with Crippen LogP contribution in [-0.2, 0) is 9.94 Å². The van der Waals surface area contributed by atoms with E-state index < -0.39 is 0 Å². The van der Waals surface area contributed by atoms with Gasteiger partial charge in [0.05, 0.1) is 0 Å². The van der Waals surface area contributed by atoms with Crippen LogP contribution in [0.1, 0.15) is 47.0 Å². The van der Waals surface area contributed by atoms with Crippen LogP contribution in [0.3, 0.4) is 0 Å². The zero-order chi connectivity index (χ0) is 11.7. The fourth-order valence-corrected chi connectivity index (χ4v) is 2.79. The van der Waals surface area contributed by atoms with Gasteiger partial charge in [0.15, 0.2) is 0 Å². The molecule has 1 heterocycles. The number of hydrogen-bond donors (Lipinski definition) is 0. The fourth-order valence-electron chi connectivity index (χ4n) is 2.79. The van der Waals surface area contributed by atoms with Crippen molar-refractivity contribution < 1.29 is 9.94 Å². The molecule has 1 aliphatic rings. The Balaban J connectivity index is 2.61. The molecule has 3 heteroatoms. The normalized spacial score (nSPS) is 33.2. The van der Waals surface area contributed by atoms with Gasteiger partial charge in [-0.1, -0.05) is 6.92 Å². The van der Waals surface area contributed by atoms with E-state index in [0.29, 0.717) is 5.92 Å². The summed E-state index contributed by atoms with van der Waals surface area (Å²) in [7, 11) is 1.71. The standard InChI is InChI=1S/C12H24NO2/c1-10(9-15-5)8-12(4)7-6-11(2,3)13(12)14/h10H,6-9H2,1-5H3. The van der Waals surface area contributed by atoms with E-state index in [0.717, 1.165) is 25.9 Å². The smallest absolute Gasteiger partial charge is 0.0488 e. The van der Waals surface area contributed by atoms with Crippen molar-refractivity contribution >= 4 is 0 Å². The van der Waals surface area contributed by atoms with Gasteiger partial charge in [0.1, 0.15) is 0 Å². The number of hydroxylamine groups is 2. The second kappa shape index (κ2) is 4.40. The molecule has 1 saturated heterocycles. The van der Waals surface area contributed by atoms with Gasteiger partial charge in [-0.15, -0.1) is 10.3 Å². The average Bonchev–Trinajstić information content (AvgIpc) is 2.31. The van der Waals surface area contributed by atoms with Crippen LogP contribution in [0.25, 0.3) is 0 Å². The Morgan fingerprint density at radius 3 is 2.33 bits per heavy atom. The third kappa shape index (κ3) is 2.71. The van der Waals surface area contributed by atoms with Crippen LogP contribution < -0.4 is 0 Å². The van der Waals surface area contributed by atoms with Crippen LogP contribution in [0.2, 0.25) is 0 Å². The molecule has 2 atom stereocenters. The summed E-state index contributed by atoms with van der Waals surface area (Å²) in [6, 6.07) is 0. The summed E-state index contributed by atoms with van der Waals surface area (Å²) < 4.78 is 5.13. The minimum absolute atomic E-state index is 0.193. The molecule has 0 aromatic carbocycles. The maximum Gasteiger partial charge on any atom is 0.0488 e. The van der Waals surface area contributed by atoms with E-state index in [9.17, 15) is 5.21 Å². The second-order valence-corrected chi connectivity index (χ2v) is 5.87. The Bertz CT molecular complexity index is 218. The Hall–Kier alpha value is -0.120. The molecule has 0 saturated carbocycles. The van der Waals surface area contributed by atoms with E-state index in [4.69, 9.17) is 4.74 Å². The second-order valence-electron chi connectivity index (χ2n) is 5.87. The summed E-state index contributed by atoms with van der Waals surface area (Å²) in [4.78, 5) is 0. The molecular weight excluding hydrogens is 190 g/mol.